The van der Waals surface area contributed by atoms with Crippen LogP contribution in [0.3, 0.4) is 0 Å². The first-order chi connectivity index (χ1) is 15.3. The van der Waals surface area contributed by atoms with Crippen LogP contribution in [0.1, 0.15) is 42.7 Å². The summed E-state index contributed by atoms with van der Waals surface area (Å²) in [6.07, 6.45) is -2.48. The molecule has 1 aromatic heterocycles. The largest absolute Gasteiger partial charge is 0.500 e. The van der Waals surface area contributed by atoms with Crippen LogP contribution >= 0.6 is 0 Å². The Morgan fingerprint density at radius 2 is 1.91 bits per heavy atom. The van der Waals surface area contributed by atoms with E-state index in [4.69, 9.17) is 9.84 Å². The molecule has 3 rings (SSSR count). The molecule has 1 unspecified atom stereocenters. The van der Waals surface area contributed by atoms with E-state index in [2.05, 4.69) is 4.98 Å². The van der Waals surface area contributed by atoms with Gasteiger partial charge in [-0.25, -0.2) is 9.18 Å². The van der Waals surface area contributed by atoms with E-state index in [1.165, 1.54) is 57.4 Å². The van der Waals surface area contributed by atoms with Gasteiger partial charge in [0.1, 0.15) is 11.6 Å². The lowest BCUT2D eigenvalue weighted by molar-refractivity contribution is -0.268. The number of carboxylic acid groups (broad SMARTS) is 1. The summed E-state index contributed by atoms with van der Waals surface area (Å²) in [5.74, 6) is -1.46. The maximum atomic E-state index is 14.2. The van der Waals surface area contributed by atoms with E-state index >= 15 is 0 Å². The number of aromatic carboxylic acids is 1. The summed E-state index contributed by atoms with van der Waals surface area (Å²) in [5.41, 5.74) is -3.69. The van der Waals surface area contributed by atoms with Gasteiger partial charge in [0.2, 0.25) is 0 Å². The molecule has 0 bridgehead atoms. The fourth-order valence-corrected chi connectivity index (χ4v) is 4.25. The van der Waals surface area contributed by atoms with Crippen molar-refractivity contribution < 1.29 is 37.3 Å². The maximum absolute atomic E-state index is 14.2. The van der Waals surface area contributed by atoms with E-state index in [0.29, 0.717) is 16.7 Å². The molecular weight excluding hydrogens is 442 g/mol. The Morgan fingerprint density at radius 3 is 2.52 bits per heavy atom. The van der Waals surface area contributed by atoms with Crippen molar-refractivity contribution in [3.05, 3.63) is 70.9 Å². The number of hydrogen-bond acceptors (Lipinski definition) is 3. The molecule has 1 aliphatic rings. The summed E-state index contributed by atoms with van der Waals surface area (Å²) in [6, 6.07) is 5.53. The molecule has 0 fully saturated rings. The first-order valence-electron chi connectivity index (χ1n) is 10.2. The van der Waals surface area contributed by atoms with E-state index in [0.717, 1.165) is 6.08 Å². The van der Waals surface area contributed by atoms with E-state index in [1.54, 1.807) is 0 Å². The second kappa shape index (κ2) is 8.70. The number of fused-ring (bicyclic) bond motifs is 1. The second-order valence-electron chi connectivity index (χ2n) is 8.85. The Morgan fingerprint density at radius 1 is 1.21 bits per heavy atom. The van der Waals surface area contributed by atoms with Gasteiger partial charge in [0.15, 0.2) is 5.60 Å². The Kier molecular flexibility index (Phi) is 6.48. The van der Waals surface area contributed by atoms with Crippen molar-refractivity contribution >= 4 is 16.9 Å². The highest BCUT2D eigenvalue weighted by molar-refractivity contribution is 5.93. The molecule has 33 heavy (non-hydrogen) atoms. The van der Waals surface area contributed by atoms with Crippen LogP contribution < -0.4 is 0 Å². The first-order valence-corrected chi connectivity index (χ1v) is 10.2. The van der Waals surface area contributed by atoms with Gasteiger partial charge >= 0.3 is 12.1 Å². The minimum Gasteiger partial charge on any atom is -0.500 e. The molecule has 5 nitrogen and oxygen atoms in total. The van der Waals surface area contributed by atoms with Gasteiger partial charge in [0, 0.05) is 29.4 Å². The van der Waals surface area contributed by atoms with Crippen molar-refractivity contribution in [3.63, 3.8) is 0 Å². The number of benzene rings is 1. The predicted molar refractivity (Wildman–Crippen MR) is 115 cm³/mol. The fraction of sp³-hybridized carbons (Fsp3) is 0.375. The van der Waals surface area contributed by atoms with Crippen LogP contribution in [0.25, 0.3) is 10.9 Å². The van der Waals surface area contributed by atoms with E-state index < -0.39 is 41.8 Å². The normalized spacial score (nSPS) is 17.0. The van der Waals surface area contributed by atoms with Crippen molar-refractivity contribution in [2.45, 2.75) is 44.9 Å². The van der Waals surface area contributed by atoms with Crippen molar-refractivity contribution in [2.75, 3.05) is 7.11 Å². The SMILES string of the molecule is COC1=C(C(C)(C)CC(O)(Cc2cc3cc(C(=O)O)ccc3[nH]2)C(F)(F)F)C=C(F)C=CC1. The molecule has 0 saturated heterocycles. The summed E-state index contributed by atoms with van der Waals surface area (Å²) in [6.45, 7) is 3.00. The molecule has 0 spiro atoms. The lowest BCUT2D eigenvalue weighted by Crippen LogP contribution is -2.50. The zero-order chi connectivity index (χ0) is 24.6. The average molecular weight is 467 g/mol. The number of aromatic nitrogens is 1. The third-order valence-corrected chi connectivity index (χ3v) is 5.81. The lowest BCUT2D eigenvalue weighted by atomic mass is 9.72. The first kappa shape index (κ1) is 24.6. The molecule has 1 aliphatic carbocycles. The third-order valence-electron chi connectivity index (χ3n) is 5.81. The van der Waals surface area contributed by atoms with Crippen LogP contribution in [0.15, 0.2) is 59.7 Å². The van der Waals surface area contributed by atoms with Crippen molar-refractivity contribution in [1.82, 2.24) is 4.98 Å². The van der Waals surface area contributed by atoms with E-state index in [-0.39, 0.29) is 23.3 Å². The summed E-state index contributed by atoms with van der Waals surface area (Å²) < 4.78 is 61.9. The number of carbonyl (C=O) groups is 1. The molecule has 1 heterocycles. The highest BCUT2D eigenvalue weighted by Crippen LogP contribution is 2.46. The minimum absolute atomic E-state index is 0.00455. The topological polar surface area (TPSA) is 82.6 Å². The number of hydrogen-bond donors (Lipinski definition) is 3. The van der Waals surface area contributed by atoms with Crippen LogP contribution in [-0.2, 0) is 11.2 Å². The highest BCUT2D eigenvalue weighted by Gasteiger charge is 2.56. The predicted octanol–water partition coefficient (Wildman–Crippen LogP) is 5.83. The molecular formula is C24H25F4NO4. The highest BCUT2D eigenvalue weighted by atomic mass is 19.4. The molecule has 2 aromatic rings. The molecule has 1 aromatic carbocycles. The maximum Gasteiger partial charge on any atom is 0.417 e. The number of H-pyrrole nitrogens is 1. The summed E-state index contributed by atoms with van der Waals surface area (Å²) in [5, 5.41) is 20.4. The summed E-state index contributed by atoms with van der Waals surface area (Å²) in [7, 11) is 1.36. The Bertz CT molecular complexity index is 1160. The van der Waals surface area contributed by atoms with E-state index in [9.17, 15) is 27.5 Å². The molecule has 0 aliphatic heterocycles. The van der Waals surface area contributed by atoms with Crippen LogP contribution in [0.4, 0.5) is 17.6 Å². The van der Waals surface area contributed by atoms with Crippen LogP contribution in [0.2, 0.25) is 0 Å². The summed E-state index contributed by atoms with van der Waals surface area (Å²) >= 11 is 0. The molecule has 1 atom stereocenters. The number of alkyl halides is 3. The number of methoxy groups -OCH3 is 1. The monoisotopic (exact) mass is 467 g/mol. The van der Waals surface area contributed by atoms with Gasteiger partial charge in [0.05, 0.1) is 12.7 Å². The Hall–Kier alpha value is -3.07. The van der Waals surface area contributed by atoms with Gasteiger partial charge < -0.3 is 19.9 Å². The molecule has 3 N–H and O–H groups in total. The number of nitrogens with one attached hydrogen (secondary N) is 1. The molecule has 178 valence electrons. The number of aliphatic hydroxyl groups is 1. The van der Waals surface area contributed by atoms with Crippen LogP contribution in [0, 0.1) is 5.41 Å². The molecule has 0 radical (unpaired) electrons. The smallest absolute Gasteiger partial charge is 0.417 e. The quantitative estimate of drug-likeness (QED) is 0.448. The zero-order valence-electron chi connectivity index (χ0n) is 18.4. The lowest BCUT2D eigenvalue weighted by Gasteiger charge is -2.38. The van der Waals surface area contributed by atoms with Crippen LogP contribution in [-0.4, -0.2) is 40.1 Å². The van der Waals surface area contributed by atoms with Crippen molar-refractivity contribution in [2.24, 2.45) is 5.41 Å². The van der Waals surface area contributed by atoms with Crippen molar-refractivity contribution in [1.29, 1.82) is 0 Å². The molecule has 9 heteroatoms. The number of halogens is 4. The van der Waals surface area contributed by atoms with Gasteiger partial charge in [-0.05, 0) is 53.8 Å². The third kappa shape index (κ3) is 5.13. The summed E-state index contributed by atoms with van der Waals surface area (Å²) in [4.78, 5) is 14.0. The molecule has 0 amide bonds. The standard InChI is InChI=1S/C24H25F4NO4/c1-22(2,18-11-16(25)5-4-6-20(18)33-3)13-23(32,24(26,27)28)12-17-10-15-9-14(21(30)31)7-8-19(15)29-17/h4-5,7-11,29,32H,6,12-13H2,1-3H3,(H,30,31). The Balaban J connectivity index is 1.99. The van der Waals surface area contributed by atoms with Crippen molar-refractivity contribution in [3.8, 4) is 0 Å². The Labute approximate surface area is 188 Å². The molecule has 0 saturated carbocycles. The minimum atomic E-state index is -4.99. The van der Waals surface area contributed by atoms with Gasteiger partial charge in [-0.15, -0.1) is 0 Å². The number of carboxylic acids is 1. The van der Waals surface area contributed by atoms with Gasteiger partial charge in [0.25, 0.3) is 0 Å². The zero-order valence-corrected chi connectivity index (χ0v) is 18.4. The van der Waals surface area contributed by atoms with Gasteiger partial charge in [-0.1, -0.05) is 19.9 Å². The van der Waals surface area contributed by atoms with Gasteiger partial charge in [-0.3, -0.25) is 0 Å². The number of allylic oxidation sites excluding steroid dienone is 5. The van der Waals surface area contributed by atoms with Crippen LogP contribution in [0.5, 0.6) is 0 Å². The fourth-order valence-electron chi connectivity index (χ4n) is 4.25. The number of aromatic amines is 1. The number of ether oxygens (including phenoxy) is 1. The van der Waals surface area contributed by atoms with E-state index in [1.807, 2.05) is 0 Å². The number of rotatable bonds is 7. The van der Waals surface area contributed by atoms with Gasteiger partial charge in [-0.2, -0.15) is 13.2 Å². The average Bonchev–Trinajstić information content (AvgIpc) is 2.98. The second-order valence-corrected chi connectivity index (χ2v) is 8.85.